The Hall–Kier alpha value is -3.90. The molecule has 0 spiro atoms. The van der Waals surface area contributed by atoms with Gasteiger partial charge in [0, 0.05) is 26.2 Å². The minimum atomic E-state index is -1.17. The van der Waals surface area contributed by atoms with E-state index in [-0.39, 0.29) is 13.2 Å². The van der Waals surface area contributed by atoms with Crippen molar-refractivity contribution in [1.29, 1.82) is 0 Å². The van der Waals surface area contributed by atoms with E-state index in [9.17, 15) is 14.4 Å². The zero-order chi connectivity index (χ0) is 25.7. The lowest BCUT2D eigenvalue weighted by atomic mass is 10.0. The minimum absolute atomic E-state index is 0.0292. The summed E-state index contributed by atoms with van der Waals surface area (Å²) in [5.74, 6) is -1.88. The van der Waals surface area contributed by atoms with Crippen LogP contribution in [0.15, 0.2) is 42.6 Å². The van der Waals surface area contributed by atoms with Gasteiger partial charge in [-0.3, -0.25) is 19.4 Å². The topological polar surface area (TPSA) is 141 Å². The summed E-state index contributed by atoms with van der Waals surface area (Å²) in [5.41, 5.74) is 2.20. The molecule has 4 rings (SSSR count). The number of rotatable bonds is 8. The van der Waals surface area contributed by atoms with Crippen LogP contribution in [-0.4, -0.2) is 69.1 Å². The van der Waals surface area contributed by atoms with Crippen molar-refractivity contribution in [3.63, 3.8) is 0 Å². The second-order valence-electron chi connectivity index (χ2n) is 8.21. The molecule has 0 amide bonds. The first-order valence-corrected chi connectivity index (χ1v) is 11.3. The standard InChI is InChI=1S/C24H26N4O8/c1-14(29)34-21-13-33-24(23(36-16(3)31)22(21)35-15(2)30)32-12-19-11-28(27-26-19)10-18-9-8-17-6-4-5-7-20(17)25-18/h4-9,11,21-24H,10,12-13H2,1-3H3/t21-,22-,23-,24+/m0/s1. The highest BCUT2D eigenvalue weighted by Crippen LogP contribution is 2.26. The number of pyridine rings is 1. The van der Waals surface area contributed by atoms with Crippen molar-refractivity contribution in [1.82, 2.24) is 20.0 Å². The lowest BCUT2D eigenvalue weighted by Gasteiger charge is -2.40. The van der Waals surface area contributed by atoms with Gasteiger partial charge in [0.1, 0.15) is 5.69 Å². The summed E-state index contributed by atoms with van der Waals surface area (Å²) in [7, 11) is 0. The molecule has 12 nitrogen and oxygen atoms in total. The predicted octanol–water partition coefficient (Wildman–Crippen LogP) is 1.54. The zero-order valence-corrected chi connectivity index (χ0v) is 20.0. The van der Waals surface area contributed by atoms with Crippen molar-refractivity contribution >= 4 is 28.8 Å². The van der Waals surface area contributed by atoms with E-state index in [1.807, 2.05) is 36.4 Å². The van der Waals surface area contributed by atoms with Crippen LogP contribution in [0.3, 0.4) is 0 Å². The maximum Gasteiger partial charge on any atom is 0.303 e. The Morgan fingerprint density at radius 3 is 2.42 bits per heavy atom. The Labute approximate surface area is 206 Å². The van der Waals surface area contributed by atoms with Crippen LogP contribution in [0.5, 0.6) is 0 Å². The van der Waals surface area contributed by atoms with Crippen LogP contribution in [0.2, 0.25) is 0 Å². The van der Waals surface area contributed by atoms with Gasteiger partial charge >= 0.3 is 17.9 Å². The van der Waals surface area contributed by atoms with Crippen LogP contribution >= 0.6 is 0 Å². The molecule has 4 atom stereocenters. The fourth-order valence-corrected chi connectivity index (χ4v) is 3.86. The number of nitrogens with zero attached hydrogens (tertiary/aromatic N) is 4. The number of hydrogen-bond donors (Lipinski definition) is 0. The number of hydrogen-bond acceptors (Lipinski definition) is 11. The summed E-state index contributed by atoms with van der Waals surface area (Å²) in [6.07, 6.45) is -2.64. The minimum Gasteiger partial charge on any atom is -0.456 e. The van der Waals surface area contributed by atoms with E-state index >= 15 is 0 Å². The van der Waals surface area contributed by atoms with E-state index < -0.39 is 42.5 Å². The maximum absolute atomic E-state index is 11.7. The number of carbonyl (C=O) groups excluding carboxylic acids is 3. The van der Waals surface area contributed by atoms with Crippen molar-refractivity contribution in [2.75, 3.05) is 6.61 Å². The number of aromatic nitrogens is 4. The molecule has 0 unspecified atom stereocenters. The van der Waals surface area contributed by atoms with Gasteiger partial charge in [-0.2, -0.15) is 0 Å². The van der Waals surface area contributed by atoms with Gasteiger partial charge in [0.25, 0.3) is 0 Å². The largest absolute Gasteiger partial charge is 0.456 e. The van der Waals surface area contributed by atoms with E-state index in [1.54, 1.807) is 10.9 Å². The summed E-state index contributed by atoms with van der Waals surface area (Å²) in [6.45, 7) is 3.86. The Kier molecular flexibility index (Phi) is 7.86. The third-order valence-corrected chi connectivity index (χ3v) is 5.27. The predicted molar refractivity (Wildman–Crippen MR) is 122 cm³/mol. The lowest BCUT2D eigenvalue weighted by molar-refractivity contribution is -0.283. The number of carbonyl (C=O) groups is 3. The van der Waals surface area contributed by atoms with Crippen molar-refractivity contribution < 1.29 is 38.1 Å². The van der Waals surface area contributed by atoms with Gasteiger partial charge in [0.15, 0.2) is 24.6 Å². The number of benzene rings is 1. The van der Waals surface area contributed by atoms with Gasteiger partial charge in [-0.15, -0.1) is 5.10 Å². The van der Waals surface area contributed by atoms with Gasteiger partial charge in [0.05, 0.1) is 37.2 Å². The fraction of sp³-hybridized carbons (Fsp3) is 0.417. The Bertz CT molecular complexity index is 1250. The molecule has 12 heteroatoms. The molecule has 2 aromatic heterocycles. The molecule has 1 saturated heterocycles. The van der Waals surface area contributed by atoms with Gasteiger partial charge in [-0.25, -0.2) is 4.68 Å². The normalized spacial score (nSPS) is 21.6. The molecule has 0 N–H and O–H groups in total. The zero-order valence-electron chi connectivity index (χ0n) is 20.0. The first-order chi connectivity index (χ1) is 17.3. The Balaban J connectivity index is 1.42. The highest BCUT2D eigenvalue weighted by atomic mass is 16.7. The van der Waals surface area contributed by atoms with Crippen LogP contribution in [-0.2, 0) is 51.2 Å². The highest BCUT2D eigenvalue weighted by Gasteiger charge is 2.47. The van der Waals surface area contributed by atoms with Gasteiger partial charge in [-0.1, -0.05) is 29.5 Å². The molecule has 3 aromatic rings. The Morgan fingerprint density at radius 1 is 0.944 bits per heavy atom. The monoisotopic (exact) mass is 498 g/mol. The maximum atomic E-state index is 11.7. The SMILES string of the molecule is CC(=O)O[C@@H]1[C@H](OCc2cn(Cc3ccc4ccccc4n3)nn2)OC[C@H](OC(C)=O)[C@@H]1OC(C)=O. The number of esters is 3. The van der Waals surface area contributed by atoms with Gasteiger partial charge in [0.2, 0.25) is 0 Å². The van der Waals surface area contributed by atoms with Crippen molar-refractivity contribution in [2.24, 2.45) is 0 Å². The first kappa shape index (κ1) is 25.2. The molecule has 0 bridgehead atoms. The van der Waals surface area contributed by atoms with Crippen LogP contribution in [0.1, 0.15) is 32.2 Å². The molecule has 36 heavy (non-hydrogen) atoms. The molecule has 1 aromatic carbocycles. The van der Waals surface area contributed by atoms with Crippen LogP contribution in [0.25, 0.3) is 10.9 Å². The van der Waals surface area contributed by atoms with E-state index in [0.717, 1.165) is 16.6 Å². The molecule has 1 aliphatic rings. The molecule has 0 saturated carbocycles. The average Bonchev–Trinajstić information content (AvgIpc) is 3.27. The van der Waals surface area contributed by atoms with Crippen molar-refractivity contribution in [2.45, 2.75) is 58.5 Å². The highest BCUT2D eigenvalue weighted by molar-refractivity contribution is 5.78. The summed E-state index contributed by atoms with van der Waals surface area (Å²) in [4.78, 5) is 39.5. The van der Waals surface area contributed by atoms with E-state index in [0.29, 0.717) is 12.2 Å². The molecule has 1 aliphatic heterocycles. The molecule has 3 heterocycles. The third-order valence-electron chi connectivity index (χ3n) is 5.27. The van der Waals surface area contributed by atoms with E-state index in [2.05, 4.69) is 15.3 Å². The van der Waals surface area contributed by atoms with Crippen LogP contribution in [0, 0.1) is 0 Å². The molecular formula is C24H26N4O8. The second kappa shape index (κ2) is 11.2. The summed E-state index contributed by atoms with van der Waals surface area (Å²) >= 11 is 0. The number of ether oxygens (including phenoxy) is 5. The fourth-order valence-electron chi connectivity index (χ4n) is 3.86. The molecule has 0 radical (unpaired) electrons. The van der Waals surface area contributed by atoms with Crippen LogP contribution < -0.4 is 0 Å². The molecule has 190 valence electrons. The first-order valence-electron chi connectivity index (χ1n) is 11.3. The second-order valence-corrected chi connectivity index (χ2v) is 8.21. The third kappa shape index (κ3) is 6.40. The van der Waals surface area contributed by atoms with E-state index in [4.69, 9.17) is 23.7 Å². The molecule has 0 aliphatic carbocycles. The van der Waals surface area contributed by atoms with Gasteiger partial charge < -0.3 is 23.7 Å². The number of para-hydroxylation sites is 1. The smallest absolute Gasteiger partial charge is 0.303 e. The summed E-state index contributed by atoms with van der Waals surface area (Å²) in [5, 5.41) is 9.27. The molecule has 1 fully saturated rings. The summed E-state index contributed by atoms with van der Waals surface area (Å²) in [6, 6.07) is 11.7. The molecular weight excluding hydrogens is 472 g/mol. The number of fused-ring (bicyclic) bond motifs is 1. The average molecular weight is 498 g/mol. The van der Waals surface area contributed by atoms with Crippen molar-refractivity contribution in [3.05, 3.63) is 54.0 Å². The van der Waals surface area contributed by atoms with Crippen molar-refractivity contribution in [3.8, 4) is 0 Å². The quantitative estimate of drug-likeness (QED) is 0.330. The summed E-state index contributed by atoms with van der Waals surface area (Å²) < 4.78 is 28.9. The van der Waals surface area contributed by atoms with E-state index in [1.165, 1.54) is 20.8 Å². The van der Waals surface area contributed by atoms with Gasteiger partial charge in [-0.05, 0) is 12.1 Å². The Morgan fingerprint density at radius 2 is 1.67 bits per heavy atom. The van der Waals surface area contributed by atoms with Crippen LogP contribution in [0.4, 0.5) is 0 Å². The lowest BCUT2D eigenvalue weighted by Crippen LogP contribution is -2.58.